The van der Waals surface area contributed by atoms with Crippen molar-refractivity contribution in [2.24, 2.45) is 5.92 Å². The number of piperidine rings is 1. The van der Waals surface area contributed by atoms with Gasteiger partial charge in [0, 0.05) is 61.0 Å². The standard InChI is InChI=1S/C25H27N5O2/c1-3-6-21-18-11-19(22-8-4-9-23(31)30(21)22)15-29(14-18)25(32)20-13-27-24(28-16(20)2)17-7-5-10-26-12-17/h4-5,7-10,12-13,18-19,21H,3,6,11,14-15H2,1-2H3/t18-,19+,21-/m0/s1. The number of carbonyl (C=O) groups is 1. The highest BCUT2D eigenvalue weighted by Crippen LogP contribution is 2.43. The second kappa shape index (κ2) is 8.30. The van der Waals surface area contributed by atoms with Crippen LogP contribution in [-0.4, -0.2) is 43.4 Å². The van der Waals surface area contributed by atoms with E-state index in [1.165, 1.54) is 0 Å². The van der Waals surface area contributed by atoms with Gasteiger partial charge in [0.1, 0.15) is 0 Å². The fourth-order valence-electron chi connectivity index (χ4n) is 5.35. The van der Waals surface area contributed by atoms with E-state index < -0.39 is 0 Å². The lowest BCUT2D eigenvalue weighted by molar-refractivity contribution is 0.0517. The molecule has 0 N–H and O–H groups in total. The van der Waals surface area contributed by atoms with Crippen LogP contribution in [0.2, 0.25) is 0 Å². The number of hydrogen-bond acceptors (Lipinski definition) is 5. The van der Waals surface area contributed by atoms with E-state index in [9.17, 15) is 9.59 Å². The molecule has 7 heteroatoms. The maximum atomic E-state index is 13.5. The van der Waals surface area contributed by atoms with E-state index >= 15 is 0 Å². The molecule has 32 heavy (non-hydrogen) atoms. The van der Waals surface area contributed by atoms with E-state index in [1.54, 1.807) is 24.7 Å². The van der Waals surface area contributed by atoms with Gasteiger partial charge in [-0.05, 0) is 43.9 Å². The van der Waals surface area contributed by atoms with Crippen molar-refractivity contribution in [3.63, 3.8) is 0 Å². The van der Waals surface area contributed by atoms with Crippen LogP contribution in [0.15, 0.2) is 53.7 Å². The van der Waals surface area contributed by atoms with Gasteiger partial charge in [-0.25, -0.2) is 9.97 Å². The van der Waals surface area contributed by atoms with Crippen molar-refractivity contribution in [2.75, 3.05) is 13.1 Å². The van der Waals surface area contributed by atoms with E-state index in [-0.39, 0.29) is 29.3 Å². The third kappa shape index (κ3) is 3.51. The molecule has 0 spiro atoms. The van der Waals surface area contributed by atoms with Crippen molar-refractivity contribution in [1.29, 1.82) is 0 Å². The monoisotopic (exact) mass is 429 g/mol. The van der Waals surface area contributed by atoms with Crippen LogP contribution in [0.3, 0.4) is 0 Å². The number of carbonyl (C=O) groups excluding carboxylic acids is 1. The highest BCUT2D eigenvalue weighted by atomic mass is 16.2. The zero-order valence-corrected chi connectivity index (χ0v) is 18.4. The van der Waals surface area contributed by atoms with Crippen molar-refractivity contribution in [3.05, 3.63) is 76.2 Å². The Labute approximate surface area is 187 Å². The molecule has 5 rings (SSSR count). The number of fused-ring (bicyclic) bond motifs is 4. The van der Waals surface area contributed by atoms with Crippen molar-refractivity contribution in [2.45, 2.75) is 45.1 Å². The number of pyridine rings is 2. The van der Waals surface area contributed by atoms with Gasteiger partial charge in [0.15, 0.2) is 5.82 Å². The first-order valence-electron chi connectivity index (χ1n) is 11.3. The second-order valence-electron chi connectivity index (χ2n) is 8.85. The molecule has 0 saturated carbocycles. The van der Waals surface area contributed by atoms with Crippen LogP contribution in [0.4, 0.5) is 0 Å². The van der Waals surface area contributed by atoms with Crippen LogP contribution in [0, 0.1) is 12.8 Å². The molecule has 1 saturated heterocycles. The lowest BCUT2D eigenvalue weighted by Crippen LogP contribution is -2.51. The lowest BCUT2D eigenvalue weighted by Gasteiger charge is -2.47. The molecule has 0 aromatic carbocycles. The maximum absolute atomic E-state index is 13.5. The number of aromatic nitrogens is 4. The molecular weight excluding hydrogens is 402 g/mol. The van der Waals surface area contributed by atoms with E-state index in [2.05, 4.69) is 27.9 Å². The zero-order chi connectivity index (χ0) is 22.2. The van der Waals surface area contributed by atoms with Crippen molar-refractivity contribution < 1.29 is 4.79 Å². The molecule has 0 radical (unpaired) electrons. The van der Waals surface area contributed by atoms with Crippen LogP contribution < -0.4 is 5.56 Å². The summed E-state index contributed by atoms with van der Waals surface area (Å²) in [6.45, 7) is 5.27. The summed E-state index contributed by atoms with van der Waals surface area (Å²) < 4.78 is 2.00. The Balaban J connectivity index is 1.45. The summed E-state index contributed by atoms with van der Waals surface area (Å²) in [6.07, 6.45) is 8.03. The van der Waals surface area contributed by atoms with Gasteiger partial charge >= 0.3 is 0 Å². The third-order valence-corrected chi connectivity index (χ3v) is 6.80. The largest absolute Gasteiger partial charge is 0.338 e. The zero-order valence-electron chi connectivity index (χ0n) is 18.4. The molecule has 2 bridgehead atoms. The first-order valence-corrected chi connectivity index (χ1v) is 11.3. The molecule has 0 unspecified atom stereocenters. The maximum Gasteiger partial charge on any atom is 0.257 e. The molecule has 3 atom stereocenters. The number of likely N-dealkylation sites (tertiary alicyclic amines) is 1. The topological polar surface area (TPSA) is 81.0 Å². The highest BCUT2D eigenvalue weighted by molar-refractivity contribution is 5.95. The van der Waals surface area contributed by atoms with Gasteiger partial charge in [-0.2, -0.15) is 0 Å². The van der Waals surface area contributed by atoms with Crippen LogP contribution in [0.5, 0.6) is 0 Å². The Morgan fingerprint density at radius 2 is 2.03 bits per heavy atom. The minimum absolute atomic E-state index is 0.0306. The van der Waals surface area contributed by atoms with E-state index in [1.807, 2.05) is 34.6 Å². The SMILES string of the molecule is CCC[C@H]1[C@H]2C[C@H](CN(C(=O)c3cnc(-c4cccnc4)nc3C)C2)c2cccc(=O)n21. The number of amides is 1. The lowest BCUT2D eigenvalue weighted by atomic mass is 9.77. The van der Waals surface area contributed by atoms with Crippen LogP contribution in [0.1, 0.15) is 59.9 Å². The van der Waals surface area contributed by atoms with Crippen molar-refractivity contribution >= 4 is 5.91 Å². The molecule has 3 aromatic rings. The number of rotatable bonds is 4. The minimum Gasteiger partial charge on any atom is -0.338 e. The predicted octanol–water partition coefficient (Wildman–Crippen LogP) is 3.61. The third-order valence-electron chi connectivity index (χ3n) is 6.80. The average Bonchev–Trinajstić information content (AvgIpc) is 2.82. The van der Waals surface area contributed by atoms with Crippen molar-refractivity contribution in [3.8, 4) is 11.4 Å². The number of nitrogens with zero attached hydrogens (tertiary/aromatic N) is 5. The summed E-state index contributed by atoms with van der Waals surface area (Å²) >= 11 is 0. The normalized spacial score (nSPS) is 21.8. The van der Waals surface area contributed by atoms with Crippen molar-refractivity contribution in [1.82, 2.24) is 24.4 Å². The Bertz CT molecular complexity index is 1210. The van der Waals surface area contributed by atoms with Gasteiger partial charge in [0.2, 0.25) is 0 Å². The molecule has 3 aromatic heterocycles. The molecule has 5 heterocycles. The van der Waals surface area contributed by atoms with Gasteiger partial charge in [0.25, 0.3) is 11.5 Å². The van der Waals surface area contributed by atoms with E-state index in [0.29, 0.717) is 30.2 Å². The second-order valence-corrected chi connectivity index (χ2v) is 8.85. The van der Waals surface area contributed by atoms with Gasteiger partial charge in [0.05, 0.1) is 11.3 Å². The summed E-state index contributed by atoms with van der Waals surface area (Å²) in [7, 11) is 0. The van der Waals surface area contributed by atoms with Crippen LogP contribution >= 0.6 is 0 Å². The molecule has 1 amide bonds. The van der Waals surface area contributed by atoms with Gasteiger partial charge in [-0.1, -0.05) is 19.4 Å². The molecule has 1 fully saturated rings. The Morgan fingerprint density at radius 1 is 1.16 bits per heavy atom. The fourth-order valence-corrected chi connectivity index (χ4v) is 5.35. The van der Waals surface area contributed by atoms with E-state index in [0.717, 1.165) is 30.5 Å². The summed E-state index contributed by atoms with van der Waals surface area (Å²) in [5, 5.41) is 0. The highest BCUT2D eigenvalue weighted by Gasteiger charge is 2.41. The molecule has 0 aliphatic carbocycles. The summed E-state index contributed by atoms with van der Waals surface area (Å²) in [6, 6.07) is 9.43. The average molecular weight is 430 g/mol. The van der Waals surface area contributed by atoms with Gasteiger partial charge in [-0.3, -0.25) is 14.6 Å². The molecule has 164 valence electrons. The Hall–Kier alpha value is -3.35. The Kier molecular flexibility index (Phi) is 5.33. The van der Waals surface area contributed by atoms with Crippen LogP contribution in [0.25, 0.3) is 11.4 Å². The molecule has 2 aliphatic rings. The predicted molar refractivity (Wildman–Crippen MR) is 121 cm³/mol. The summed E-state index contributed by atoms with van der Waals surface area (Å²) in [4.78, 5) is 41.3. The molecular formula is C25H27N5O2. The molecule has 2 aliphatic heterocycles. The number of aryl methyl sites for hydroxylation is 1. The molecule has 7 nitrogen and oxygen atoms in total. The van der Waals surface area contributed by atoms with Gasteiger partial charge in [-0.15, -0.1) is 0 Å². The first kappa shape index (κ1) is 20.5. The van der Waals surface area contributed by atoms with Crippen LogP contribution in [-0.2, 0) is 0 Å². The quantitative estimate of drug-likeness (QED) is 0.633. The first-order chi connectivity index (χ1) is 15.6. The summed E-state index contributed by atoms with van der Waals surface area (Å²) in [5.41, 5.74) is 3.17. The smallest absolute Gasteiger partial charge is 0.257 e. The minimum atomic E-state index is -0.0306. The van der Waals surface area contributed by atoms with E-state index in [4.69, 9.17) is 0 Å². The number of hydrogen-bond donors (Lipinski definition) is 0. The Morgan fingerprint density at radius 3 is 2.78 bits per heavy atom. The fraction of sp³-hybridized carbons (Fsp3) is 0.400. The summed E-state index contributed by atoms with van der Waals surface area (Å²) in [5.74, 6) is 0.993. The van der Waals surface area contributed by atoms with Gasteiger partial charge < -0.3 is 9.47 Å².